The normalized spacial score (nSPS) is 13.0. The molecular formula is C22H30N4O3. The van der Waals surface area contributed by atoms with Crippen LogP contribution in [0.5, 0.6) is 11.5 Å². The molecule has 0 saturated heterocycles. The maximum atomic E-state index is 12.5. The van der Waals surface area contributed by atoms with Gasteiger partial charge in [0.15, 0.2) is 11.5 Å². The van der Waals surface area contributed by atoms with Gasteiger partial charge in [-0.05, 0) is 43.0 Å². The van der Waals surface area contributed by atoms with Crippen molar-refractivity contribution >= 4 is 11.7 Å². The molecule has 156 valence electrons. The number of unbranched alkanes of at least 4 members (excludes halogenated alkanes) is 2. The number of hydrogen-bond acceptors (Lipinski definition) is 6. The number of carbonyl (C=O) groups excluding carboxylic acids is 1. The second-order valence-corrected chi connectivity index (χ2v) is 7.27. The summed E-state index contributed by atoms with van der Waals surface area (Å²) in [6.07, 6.45) is 4.08. The van der Waals surface area contributed by atoms with Crippen molar-refractivity contribution in [2.45, 2.75) is 46.1 Å². The number of nitrogens with one attached hydrogen (secondary N) is 1. The van der Waals surface area contributed by atoms with Gasteiger partial charge in [0.1, 0.15) is 17.3 Å². The number of benzene rings is 1. The molecule has 7 heteroatoms. The summed E-state index contributed by atoms with van der Waals surface area (Å²) in [4.78, 5) is 23.6. The highest BCUT2D eigenvalue weighted by Crippen LogP contribution is 2.34. The van der Waals surface area contributed by atoms with Crippen LogP contribution < -0.4 is 19.7 Å². The molecule has 2 aromatic rings. The van der Waals surface area contributed by atoms with Gasteiger partial charge in [-0.15, -0.1) is 0 Å². The molecule has 1 amide bonds. The molecule has 1 N–H and O–H groups in total. The van der Waals surface area contributed by atoms with Crippen molar-refractivity contribution in [1.82, 2.24) is 15.3 Å². The number of rotatable bonds is 8. The van der Waals surface area contributed by atoms with Crippen LogP contribution in [0.1, 0.15) is 53.6 Å². The van der Waals surface area contributed by atoms with Crippen LogP contribution in [0, 0.1) is 6.92 Å². The Kier molecular flexibility index (Phi) is 6.90. The lowest BCUT2D eigenvalue weighted by molar-refractivity contribution is 0.0947. The number of anilines is 1. The third-order valence-electron chi connectivity index (χ3n) is 5.16. The van der Waals surface area contributed by atoms with Gasteiger partial charge in [-0.1, -0.05) is 19.8 Å². The summed E-state index contributed by atoms with van der Waals surface area (Å²) < 4.78 is 10.9. The monoisotopic (exact) mass is 398 g/mol. The van der Waals surface area contributed by atoms with Crippen molar-refractivity contribution in [3.63, 3.8) is 0 Å². The van der Waals surface area contributed by atoms with E-state index in [2.05, 4.69) is 27.1 Å². The van der Waals surface area contributed by atoms with Crippen molar-refractivity contribution in [3.05, 3.63) is 40.8 Å². The maximum absolute atomic E-state index is 12.5. The Balaban J connectivity index is 1.78. The fourth-order valence-corrected chi connectivity index (χ4v) is 3.58. The summed E-state index contributed by atoms with van der Waals surface area (Å²) in [6, 6.07) is 5.86. The first-order valence-corrected chi connectivity index (χ1v) is 10.2. The molecule has 1 aliphatic heterocycles. The Labute approximate surface area is 172 Å². The van der Waals surface area contributed by atoms with E-state index < -0.39 is 0 Å². The second kappa shape index (κ2) is 9.58. The highest BCUT2D eigenvalue weighted by Gasteiger charge is 2.22. The molecule has 1 aliphatic rings. The summed E-state index contributed by atoms with van der Waals surface area (Å²) in [6.45, 7) is 6.15. The average Bonchev–Trinajstić information content (AvgIpc) is 2.74. The van der Waals surface area contributed by atoms with E-state index >= 15 is 0 Å². The van der Waals surface area contributed by atoms with Crippen LogP contribution >= 0.6 is 0 Å². The zero-order valence-corrected chi connectivity index (χ0v) is 17.7. The van der Waals surface area contributed by atoms with Crippen LogP contribution in [-0.2, 0) is 13.0 Å². The molecule has 0 unspecified atom stereocenters. The molecule has 0 atom stereocenters. The SMILES string of the molecule is CCCCCNC(=O)c1cc(N2CCc3cc(OC)c(OC)cc3C2)nc(C)n1. The molecule has 0 spiro atoms. The Morgan fingerprint density at radius 1 is 1.10 bits per heavy atom. The summed E-state index contributed by atoms with van der Waals surface area (Å²) in [5.74, 6) is 2.70. The molecule has 0 fully saturated rings. The van der Waals surface area contributed by atoms with Crippen molar-refractivity contribution in [2.75, 3.05) is 32.2 Å². The Morgan fingerprint density at radius 2 is 1.83 bits per heavy atom. The highest BCUT2D eigenvalue weighted by molar-refractivity contribution is 5.92. The smallest absolute Gasteiger partial charge is 0.270 e. The molecule has 0 aliphatic carbocycles. The number of ether oxygens (including phenoxy) is 2. The van der Waals surface area contributed by atoms with Gasteiger partial charge < -0.3 is 19.7 Å². The summed E-state index contributed by atoms with van der Waals surface area (Å²) in [5, 5.41) is 2.96. The standard InChI is InChI=1S/C22H30N4O3/c1-5-6-7-9-23-22(27)18-13-21(25-15(2)24-18)26-10-8-16-11-19(28-3)20(29-4)12-17(16)14-26/h11-13H,5-10,14H2,1-4H3,(H,23,27). The average molecular weight is 399 g/mol. The lowest BCUT2D eigenvalue weighted by atomic mass is 9.98. The van der Waals surface area contributed by atoms with Gasteiger partial charge in [0, 0.05) is 25.7 Å². The number of methoxy groups -OCH3 is 2. The lowest BCUT2D eigenvalue weighted by Crippen LogP contribution is -2.32. The van der Waals surface area contributed by atoms with E-state index in [-0.39, 0.29) is 5.91 Å². The molecule has 7 nitrogen and oxygen atoms in total. The van der Waals surface area contributed by atoms with Gasteiger partial charge in [-0.3, -0.25) is 4.79 Å². The predicted octanol–water partition coefficient (Wildman–Crippen LogP) is 3.28. The van der Waals surface area contributed by atoms with Crippen LogP contribution in [-0.4, -0.2) is 43.2 Å². The molecule has 0 bridgehead atoms. The number of aromatic nitrogens is 2. The molecule has 0 saturated carbocycles. The van der Waals surface area contributed by atoms with Crippen molar-refractivity contribution in [1.29, 1.82) is 0 Å². The van der Waals surface area contributed by atoms with Gasteiger partial charge in [0.2, 0.25) is 0 Å². The van der Waals surface area contributed by atoms with Crippen LogP contribution in [0.15, 0.2) is 18.2 Å². The number of carbonyl (C=O) groups is 1. The molecule has 2 heterocycles. The quantitative estimate of drug-likeness (QED) is 0.688. The zero-order valence-electron chi connectivity index (χ0n) is 17.7. The van der Waals surface area contributed by atoms with Gasteiger partial charge in [-0.25, -0.2) is 9.97 Å². The minimum Gasteiger partial charge on any atom is -0.493 e. The summed E-state index contributed by atoms with van der Waals surface area (Å²) in [5.41, 5.74) is 2.84. The van der Waals surface area contributed by atoms with Crippen LogP contribution in [0.4, 0.5) is 5.82 Å². The number of aryl methyl sites for hydroxylation is 1. The first-order chi connectivity index (χ1) is 14.0. The molecule has 0 radical (unpaired) electrons. The molecule has 29 heavy (non-hydrogen) atoms. The van der Waals surface area contributed by atoms with Gasteiger partial charge in [0.25, 0.3) is 5.91 Å². The van der Waals surface area contributed by atoms with Crippen molar-refractivity contribution < 1.29 is 14.3 Å². The van der Waals surface area contributed by atoms with E-state index in [0.29, 0.717) is 24.6 Å². The number of fused-ring (bicyclic) bond motifs is 1. The Morgan fingerprint density at radius 3 is 2.52 bits per heavy atom. The maximum Gasteiger partial charge on any atom is 0.270 e. The number of hydrogen-bond donors (Lipinski definition) is 1. The van der Waals surface area contributed by atoms with Crippen molar-refractivity contribution in [2.24, 2.45) is 0 Å². The lowest BCUT2D eigenvalue weighted by Gasteiger charge is -2.30. The van der Waals surface area contributed by atoms with E-state index in [0.717, 1.165) is 49.5 Å². The van der Waals surface area contributed by atoms with E-state index in [1.807, 2.05) is 19.1 Å². The van der Waals surface area contributed by atoms with Gasteiger partial charge in [-0.2, -0.15) is 0 Å². The highest BCUT2D eigenvalue weighted by atomic mass is 16.5. The van der Waals surface area contributed by atoms with Crippen LogP contribution in [0.25, 0.3) is 0 Å². The second-order valence-electron chi connectivity index (χ2n) is 7.27. The predicted molar refractivity (Wildman–Crippen MR) is 113 cm³/mol. The fraction of sp³-hybridized carbons (Fsp3) is 0.500. The topological polar surface area (TPSA) is 76.6 Å². The van der Waals surface area contributed by atoms with Crippen molar-refractivity contribution in [3.8, 4) is 11.5 Å². The van der Waals surface area contributed by atoms with E-state index in [1.54, 1.807) is 20.3 Å². The molecule has 3 rings (SSSR count). The van der Waals surface area contributed by atoms with E-state index in [1.165, 1.54) is 11.1 Å². The third kappa shape index (κ3) is 4.96. The first-order valence-electron chi connectivity index (χ1n) is 10.2. The minimum absolute atomic E-state index is 0.142. The van der Waals surface area contributed by atoms with Gasteiger partial charge >= 0.3 is 0 Å². The molecular weight excluding hydrogens is 368 g/mol. The van der Waals surface area contributed by atoms with Crippen LogP contribution in [0.2, 0.25) is 0 Å². The Bertz CT molecular complexity index is 869. The molecule has 1 aromatic carbocycles. The number of nitrogens with zero attached hydrogens (tertiary/aromatic N) is 3. The van der Waals surface area contributed by atoms with Gasteiger partial charge in [0.05, 0.1) is 14.2 Å². The minimum atomic E-state index is -0.142. The first kappa shape index (κ1) is 20.9. The largest absolute Gasteiger partial charge is 0.493 e. The molecule has 1 aromatic heterocycles. The zero-order chi connectivity index (χ0) is 20.8. The Hall–Kier alpha value is -2.83. The third-order valence-corrected chi connectivity index (χ3v) is 5.16. The fourth-order valence-electron chi connectivity index (χ4n) is 3.58. The number of amides is 1. The van der Waals surface area contributed by atoms with E-state index in [4.69, 9.17) is 9.47 Å². The summed E-state index contributed by atoms with van der Waals surface area (Å²) >= 11 is 0. The van der Waals surface area contributed by atoms with Crippen LogP contribution in [0.3, 0.4) is 0 Å². The summed E-state index contributed by atoms with van der Waals surface area (Å²) in [7, 11) is 3.29. The van der Waals surface area contributed by atoms with E-state index in [9.17, 15) is 4.79 Å².